The van der Waals surface area contributed by atoms with Crippen LogP contribution < -0.4 is 10.6 Å². The predicted molar refractivity (Wildman–Crippen MR) is 105 cm³/mol. The zero-order valence-corrected chi connectivity index (χ0v) is 15.2. The van der Waals surface area contributed by atoms with Gasteiger partial charge in [-0.15, -0.1) is 0 Å². The van der Waals surface area contributed by atoms with Gasteiger partial charge in [0.1, 0.15) is 5.82 Å². The molecule has 0 unspecified atom stereocenters. The molecule has 134 valence electrons. The summed E-state index contributed by atoms with van der Waals surface area (Å²) >= 11 is 6.07. The standard InChI is InChI=1S/C19H20ClN5O/c1-13-3-4-15(20)12-17(13)25-19-23-9-6-16(24-19)14-5-8-22-18(11-14)21-7-2-10-26/h3-6,8-9,11-12,26H,2,7,10H2,1H3,(H,21,22)(H,23,24,25). The lowest BCUT2D eigenvalue weighted by Gasteiger charge is -2.10. The maximum atomic E-state index is 8.87. The SMILES string of the molecule is Cc1ccc(Cl)cc1Nc1nccc(-c2ccnc(NCCCO)c2)n1. The molecule has 0 aliphatic carbocycles. The number of hydrogen-bond acceptors (Lipinski definition) is 6. The van der Waals surface area contributed by atoms with E-state index in [1.54, 1.807) is 12.4 Å². The molecule has 0 fully saturated rings. The van der Waals surface area contributed by atoms with Gasteiger partial charge < -0.3 is 15.7 Å². The number of nitrogens with one attached hydrogen (secondary N) is 2. The predicted octanol–water partition coefficient (Wildman–Crippen LogP) is 4.04. The second-order valence-corrected chi connectivity index (χ2v) is 6.22. The van der Waals surface area contributed by atoms with E-state index in [-0.39, 0.29) is 6.61 Å². The zero-order chi connectivity index (χ0) is 18.4. The van der Waals surface area contributed by atoms with Crippen molar-refractivity contribution in [3.63, 3.8) is 0 Å². The third-order valence-corrected chi connectivity index (χ3v) is 4.03. The second kappa shape index (κ2) is 8.60. The number of aliphatic hydroxyl groups is 1. The summed E-state index contributed by atoms with van der Waals surface area (Å²) in [5.74, 6) is 1.24. The van der Waals surface area contributed by atoms with Crippen LogP contribution in [0.25, 0.3) is 11.3 Å². The van der Waals surface area contributed by atoms with Crippen molar-refractivity contribution in [3.05, 3.63) is 59.4 Å². The van der Waals surface area contributed by atoms with Gasteiger partial charge in [0, 0.05) is 41.8 Å². The van der Waals surface area contributed by atoms with E-state index in [1.165, 1.54) is 0 Å². The van der Waals surface area contributed by atoms with Crippen LogP contribution in [-0.4, -0.2) is 33.2 Å². The van der Waals surface area contributed by atoms with E-state index in [2.05, 4.69) is 25.6 Å². The highest BCUT2D eigenvalue weighted by Crippen LogP contribution is 2.24. The Morgan fingerprint density at radius 1 is 1.08 bits per heavy atom. The first-order valence-corrected chi connectivity index (χ1v) is 8.71. The van der Waals surface area contributed by atoms with Gasteiger partial charge >= 0.3 is 0 Å². The fraction of sp³-hybridized carbons (Fsp3) is 0.211. The van der Waals surface area contributed by atoms with Crippen molar-refractivity contribution in [2.24, 2.45) is 0 Å². The fourth-order valence-electron chi connectivity index (χ4n) is 2.41. The average molecular weight is 370 g/mol. The Morgan fingerprint density at radius 3 is 2.77 bits per heavy atom. The first-order valence-electron chi connectivity index (χ1n) is 8.33. The molecule has 0 atom stereocenters. The van der Waals surface area contributed by atoms with E-state index in [0.29, 0.717) is 23.9 Å². The van der Waals surface area contributed by atoms with Gasteiger partial charge in [-0.2, -0.15) is 0 Å². The van der Waals surface area contributed by atoms with Crippen molar-refractivity contribution in [1.29, 1.82) is 0 Å². The molecule has 0 amide bonds. The highest BCUT2D eigenvalue weighted by molar-refractivity contribution is 6.30. The molecule has 0 aliphatic rings. The summed E-state index contributed by atoms with van der Waals surface area (Å²) in [6, 6.07) is 11.3. The van der Waals surface area contributed by atoms with E-state index in [1.807, 2.05) is 43.3 Å². The van der Waals surface area contributed by atoms with Crippen LogP contribution in [0.2, 0.25) is 5.02 Å². The summed E-state index contributed by atoms with van der Waals surface area (Å²) in [5.41, 5.74) is 3.65. The number of rotatable bonds is 7. The molecule has 0 saturated heterocycles. The molecule has 26 heavy (non-hydrogen) atoms. The van der Waals surface area contributed by atoms with Crippen LogP contribution >= 0.6 is 11.6 Å². The number of aliphatic hydroxyl groups excluding tert-OH is 1. The Labute approximate surface area is 157 Å². The quantitative estimate of drug-likeness (QED) is 0.545. The Hall–Kier alpha value is -2.70. The van der Waals surface area contributed by atoms with Gasteiger partial charge in [0.05, 0.1) is 5.69 Å². The van der Waals surface area contributed by atoms with Gasteiger partial charge in [-0.3, -0.25) is 0 Å². The molecule has 1 aromatic carbocycles. The normalized spacial score (nSPS) is 10.6. The molecule has 0 aliphatic heterocycles. The van der Waals surface area contributed by atoms with E-state index in [0.717, 1.165) is 28.3 Å². The van der Waals surface area contributed by atoms with Gasteiger partial charge in [0.2, 0.25) is 5.95 Å². The lowest BCUT2D eigenvalue weighted by molar-refractivity contribution is 0.292. The average Bonchev–Trinajstić information content (AvgIpc) is 2.65. The molecule has 2 heterocycles. The van der Waals surface area contributed by atoms with Gasteiger partial charge in [-0.25, -0.2) is 15.0 Å². The maximum absolute atomic E-state index is 8.87. The van der Waals surface area contributed by atoms with Crippen LogP contribution in [0, 0.1) is 6.92 Å². The monoisotopic (exact) mass is 369 g/mol. The molecule has 3 N–H and O–H groups in total. The zero-order valence-electron chi connectivity index (χ0n) is 14.4. The van der Waals surface area contributed by atoms with Crippen molar-refractivity contribution in [1.82, 2.24) is 15.0 Å². The van der Waals surface area contributed by atoms with Crippen LogP contribution in [-0.2, 0) is 0 Å². The lowest BCUT2D eigenvalue weighted by Crippen LogP contribution is -2.05. The number of nitrogens with zero attached hydrogens (tertiary/aromatic N) is 3. The molecule has 0 spiro atoms. The van der Waals surface area contributed by atoms with Crippen molar-refractivity contribution in [2.75, 3.05) is 23.8 Å². The second-order valence-electron chi connectivity index (χ2n) is 5.78. The highest BCUT2D eigenvalue weighted by Gasteiger charge is 2.06. The third-order valence-electron chi connectivity index (χ3n) is 3.80. The minimum absolute atomic E-state index is 0.149. The molecular formula is C19H20ClN5O. The van der Waals surface area contributed by atoms with E-state index >= 15 is 0 Å². The molecule has 0 radical (unpaired) electrons. The van der Waals surface area contributed by atoms with Crippen molar-refractivity contribution in [2.45, 2.75) is 13.3 Å². The molecule has 0 saturated carbocycles. The Balaban J connectivity index is 1.81. The molecule has 6 nitrogen and oxygen atoms in total. The first kappa shape index (κ1) is 18.1. The first-order chi connectivity index (χ1) is 12.7. The third kappa shape index (κ3) is 4.68. The topological polar surface area (TPSA) is 83.0 Å². The minimum Gasteiger partial charge on any atom is -0.396 e. The van der Waals surface area contributed by atoms with Crippen molar-refractivity contribution >= 4 is 29.1 Å². The highest BCUT2D eigenvalue weighted by atomic mass is 35.5. The Bertz CT molecular complexity index is 887. The molecule has 3 aromatic rings. The number of aryl methyl sites for hydroxylation is 1. The minimum atomic E-state index is 0.149. The summed E-state index contributed by atoms with van der Waals surface area (Å²) in [6.07, 6.45) is 4.11. The maximum Gasteiger partial charge on any atom is 0.227 e. The number of benzene rings is 1. The number of aromatic nitrogens is 3. The van der Waals surface area contributed by atoms with E-state index in [4.69, 9.17) is 16.7 Å². The van der Waals surface area contributed by atoms with Gasteiger partial charge in [-0.1, -0.05) is 17.7 Å². The molecule has 3 rings (SSSR count). The van der Waals surface area contributed by atoms with Crippen molar-refractivity contribution < 1.29 is 5.11 Å². The van der Waals surface area contributed by atoms with Gasteiger partial charge in [0.25, 0.3) is 0 Å². The van der Waals surface area contributed by atoms with Crippen LogP contribution in [0.15, 0.2) is 48.8 Å². The number of pyridine rings is 1. The smallest absolute Gasteiger partial charge is 0.227 e. The molecular weight excluding hydrogens is 350 g/mol. The van der Waals surface area contributed by atoms with E-state index in [9.17, 15) is 0 Å². The number of halogens is 1. The van der Waals surface area contributed by atoms with Gasteiger partial charge in [-0.05, 0) is 49.2 Å². The molecule has 0 bridgehead atoms. The summed E-state index contributed by atoms with van der Waals surface area (Å²) in [5, 5.41) is 15.9. The summed E-state index contributed by atoms with van der Waals surface area (Å²) in [7, 11) is 0. The molecule has 7 heteroatoms. The largest absolute Gasteiger partial charge is 0.396 e. The number of anilines is 3. The summed E-state index contributed by atoms with van der Waals surface area (Å²) in [6.45, 7) is 2.81. The summed E-state index contributed by atoms with van der Waals surface area (Å²) in [4.78, 5) is 13.2. The van der Waals surface area contributed by atoms with Crippen LogP contribution in [0.3, 0.4) is 0 Å². The van der Waals surface area contributed by atoms with Crippen LogP contribution in [0.4, 0.5) is 17.5 Å². The lowest BCUT2D eigenvalue weighted by atomic mass is 10.2. The summed E-state index contributed by atoms with van der Waals surface area (Å²) < 4.78 is 0. The van der Waals surface area contributed by atoms with Gasteiger partial charge in [0.15, 0.2) is 0 Å². The molecule has 2 aromatic heterocycles. The fourth-order valence-corrected chi connectivity index (χ4v) is 2.58. The van der Waals surface area contributed by atoms with Crippen LogP contribution in [0.1, 0.15) is 12.0 Å². The Morgan fingerprint density at radius 2 is 1.92 bits per heavy atom. The Kier molecular flexibility index (Phi) is 5.99. The van der Waals surface area contributed by atoms with Crippen molar-refractivity contribution in [3.8, 4) is 11.3 Å². The number of hydrogen-bond donors (Lipinski definition) is 3. The van der Waals surface area contributed by atoms with Crippen LogP contribution in [0.5, 0.6) is 0 Å². The van der Waals surface area contributed by atoms with E-state index < -0.39 is 0 Å².